The van der Waals surface area contributed by atoms with E-state index in [0.717, 1.165) is 11.3 Å². The van der Waals surface area contributed by atoms with Crippen molar-refractivity contribution in [3.05, 3.63) is 64.9 Å². The molecular formula is C13H11ClFN. The van der Waals surface area contributed by atoms with Crippen molar-refractivity contribution in [2.45, 2.75) is 6.54 Å². The van der Waals surface area contributed by atoms with Gasteiger partial charge in [-0.05, 0) is 29.8 Å². The van der Waals surface area contributed by atoms with Gasteiger partial charge in [-0.3, -0.25) is 0 Å². The van der Waals surface area contributed by atoms with E-state index < -0.39 is 0 Å². The molecule has 0 fully saturated rings. The summed E-state index contributed by atoms with van der Waals surface area (Å²) in [6.45, 7) is 0.629. The highest BCUT2D eigenvalue weighted by atomic mass is 35.5. The van der Waals surface area contributed by atoms with Gasteiger partial charge in [0.1, 0.15) is 5.82 Å². The van der Waals surface area contributed by atoms with Gasteiger partial charge in [-0.15, -0.1) is 0 Å². The number of rotatable bonds is 3. The summed E-state index contributed by atoms with van der Waals surface area (Å²) in [5.74, 6) is -0.221. The van der Waals surface area contributed by atoms with E-state index in [9.17, 15) is 4.39 Å². The fourth-order valence-electron chi connectivity index (χ4n) is 1.40. The first-order chi connectivity index (χ1) is 7.75. The van der Waals surface area contributed by atoms with Crippen LogP contribution in [-0.2, 0) is 6.54 Å². The zero-order valence-electron chi connectivity index (χ0n) is 8.58. The Morgan fingerprint density at radius 1 is 1.00 bits per heavy atom. The van der Waals surface area contributed by atoms with Crippen LogP contribution in [0.4, 0.5) is 10.1 Å². The lowest BCUT2D eigenvalue weighted by Gasteiger charge is -2.07. The van der Waals surface area contributed by atoms with Crippen LogP contribution in [0.2, 0.25) is 5.02 Å². The molecule has 0 bridgehead atoms. The minimum atomic E-state index is -0.221. The third kappa shape index (κ3) is 2.74. The van der Waals surface area contributed by atoms with E-state index in [-0.39, 0.29) is 5.82 Å². The molecule has 1 N–H and O–H groups in total. The molecule has 0 amide bonds. The van der Waals surface area contributed by atoms with Crippen LogP contribution in [0.15, 0.2) is 48.5 Å². The van der Waals surface area contributed by atoms with Crippen LogP contribution in [0.3, 0.4) is 0 Å². The molecule has 2 aromatic rings. The summed E-state index contributed by atoms with van der Waals surface area (Å²) in [6, 6.07) is 13.9. The van der Waals surface area contributed by atoms with Gasteiger partial charge in [0.05, 0.1) is 10.7 Å². The van der Waals surface area contributed by atoms with Gasteiger partial charge in [-0.2, -0.15) is 0 Å². The van der Waals surface area contributed by atoms with Crippen molar-refractivity contribution in [1.29, 1.82) is 0 Å². The Hall–Kier alpha value is -1.54. The highest BCUT2D eigenvalue weighted by Gasteiger charge is 1.98. The van der Waals surface area contributed by atoms with Crippen LogP contribution < -0.4 is 5.32 Å². The van der Waals surface area contributed by atoms with Gasteiger partial charge in [0.25, 0.3) is 0 Å². The van der Waals surface area contributed by atoms with Gasteiger partial charge < -0.3 is 5.32 Å². The Labute approximate surface area is 98.9 Å². The summed E-state index contributed by atoms with van der Waals surface area (Å²) in [7, 11) is 0. The third-order valence-electron chi connectivity index (χ3n) is 2.27. The molecule has 0 unspecified atom stereocenters. The van der Waals surface area contributed by atoms with E-state index in [1.165, 1.54) is 12.1 Å². The molecule has 0 saturated carbocycles. The fourth-order valence-corrected chi connectivity index (χ4v) is 1.61. The minimum Gasteiger partial charge on any atom is -0.380 e. The van der Waals surface area contributed by atoms with Crippen molar-refractivity contribution >= 4 is 17.3 Å². The van der Waals surface area contributed by atoms with Crippen LogP contribution in [0.1, 0.15) is 5.56 Å². The Bertz CT molecular complexity index is 468. The normalized spacial score (nSPS) is 10.1. The smallest absolute Gasteiger partial charge is 0.123 e. The molecule has 0 radical (unpaired) electrons. The largest absolute Gasteiger partial charge is 0.380 e. The molecule has 16 heavy (non-hydrogen) atoms. The quantitative estimate of drug-likeness (QED) is 0.845. The topological polar surface area (TPSA) is 12.0 Å². The molecule has 0 aromatic heterocycles. The number of para-hydroxylation sites is 1. The summed E-state index contributed by atoms with van der Waals surface area (Å²) < 4.78 is 12.7. The van der Waals surface area contributed by atoms with E-state index in [1.807, 2.05) is 24.3 Å². The van der Waals surface area contributed by atoms with Gasteiger partial charge in [0.15, 0.2) is 0 Å². The predicted molar refractivity (Wildman–Crippen MR) is 65.2 cm³/mol. The van der Waals surface area contributed by atoms with Crippen LogP contribution in [0, 0.1) is 5.82 Å². The van der Waals surface area contributed by atoms with Crippen LogP contribution in [-0.4, -0.2) is 0 Å². The lowest BCUT2D eigenvalue weighted by molar-refractivity contribution is 0.627. The number of anilines is 1. The van der Waals surface area contributed by atoms with Gasteiger partial charge in [-0.1, -0.05) is 35.9 Å². The standard InChI is InChI=1S/C13H11ClFN/c14-12-3-1-2-4-13(12)16-9-10-5-7-11(15)8-6-10/h1-8,16H,9H2. The van der Waals surface area contributed by atoms with Crippen LogP contribution >= 0.6 is 11.6 Å². The maximum Gasteiger partial charge on any atom is 0.123 e. The molecule has 2 rings (SSSR count). The average Bonchev–Trinajstić information content (AvgIpc) is 2.30. The van der Waals surface area contributed by atoms with E-state index in [2.05, 4.69) is 5.32 Å². The van der Waals surface area contributed by atoms with Crippen LogP contribution in [0.5, 0.6) is 0 Å². The fraction of sp³-hybridized carbons (Fsp3) is 0.0769. The Morgan fingerprint density at radius 2 is 1.69 bits per heavy atom. The summed E-state index contributed by atoms with van der Waals surface area (Å²) in [5, 5.41) is 3.88. The molecule has 0 atom stereocenters. The van der Waals surface area contributed by atoms with Crippen molar-refractivity contribution in [2.75, 3.05) is 5.32 Å². The van der Waals surface area contributed by atoms with Gasteiger partial charge in [0, 0.05) is 6.54 Å². The molecule has 0 spiro atoms. The molecule has 0 aliphatic carbocycles. The third-order valence-corrected chi connectivity index (χ3v) is 2.60. The maximum atomic E-state index is 12.7. The highest BCUT2D eigenvalue weighted by molar-refractivity contribution is 6.33. The Kier molecular flexibility index (Phi) is 3.42. The first-order valence-corrected chi connectivity index (χ1v) is 5.36. The van der Waals surface area contributed by atoms with Crippen molar-refractivity contribution in [3.8, 4) is 0 Å². The Morgan fingerprint density at radius 3 is 2.38 bits per heavy atom. The number of halogens is 2. The molecule has 0 heterocycles. The molecule has 0 saturated heterocycles. The number of hydrogen-bond acceptors (Lipinski definition) is 1. The van der Waals surface area contributed by atoms with Crippen molar-refractivity contribution < 1.29 is 4.39 Å². The van der Waals surface area contributed by atoms with Gasteiger partial charge in [0.2, 0.25) is 0 Å². The van der Waals surface area contributed by atoms with E-state index in [0.29, 0.717) is 11.6 Å². The molecule has 2 aromatic carbocycles. The minimum absolute atomic E-state index is 0.221. The number of hydrogen-bond donors (Lipinski definition) is 1. The number of benzene rings is 2. The molecule has 0 aliphatic heterocycles. The van der Waals surface area contributed by atoms with Crippen LogP contribution in [0.25, 0.3) is 0 Å². The molecular weight excluding hydrogens is 225 g/mol. The second-order valence-corrected chi connectivity index (χ2v) is 3.87. The Balaban J connectivity index is 2.02. The molecule has 3 heteroatoms. The zero-order valence-corrected chi connectivity index (χ0v) is 9.34. The first-order valence-electron chi connectivity index (χ1n) is 4.98. The summed E-state index contributed by atoms with van der Waals surface area (Å²) >= 11 is 5.99. The van der Waals surface area contributed by atoms with E-state index in [4.69, 9.17) is 11.6 Å². The van der Waals surface area contributed by atoms with E-state index in [1.54, 1.807) is 12.1 Å². The molecule has 0 aliphatic rings. The lowest BCUT2D eigenvalue weighted by Crippen LogP contribution is -1.99. The highest BCUT2D eigenvalue weighted by Crippen LogP contribution is 2.21. The molecule has 1 nitrogen and oxygen atoms in total. The SMILES string of the molecule is Fc1ccc(CNc2ccccc2Cl)cc1. The second kappa shape index (κ2) is 4.99. The first kappa shape index (κ1) is 11.0. The van der Waals surface area contributed by atoms with Crippen molar-refractivity contribution in [2.24, 2.45) is 0 Å². The average molecular weight is 236 g/mol. The monoisotopic (exact) mass is 235 g/mol. The van der Waals surface area contributed by atoms with Gasteiger partial charge in [-0.25, -0.2) is 4.39 Å². The predicted octanol–water partition coefficient (Wildman–Crippen LogP) is 4.09. The van der Waals surface area contributed by atoms with E-state index >= 15 is 0 Å². The molecule has 82 valence electrons. The lowest BCUT2D eigenvalue weighted by atomic mass is 10.2. The summed E-state index contributed by atoms with van der Waals surface area (Å²) in [5.41, 5.74) is 1.90. The maximum absolute atomic E-state index is 12.7. The second-order valence-electron chi connectivity index (χ2n) is 3.46. The van der Waals surface area contributed by atoms with Crippen molar-refractivity contribution in [1.82, 2.24) is 0 Å². The summed E-state index contributed by atoms with van der Waals surface area (Å²) in [6.07, 6.45) is 0. The van der Waals surface area contributed by atoms with Crippen molar-refractivity contribution in [3.63, 3.8) is 0 Å². The summed E-state index contributed by atoms with van der Waals surface area (Å²) in [4.78, 5) is 0. The number of nitrogens with one attached hydrogen (secondary N) is 1. The zero-order chi connectivity index (χ0) is 11.4. The van der Waals surface area contributed by atoms with Gasteiger partial charge >= 0.3 is 0 Å².